The first-order valence-corrected chi connectivity index (χ1v) is 10.6. The summed E-state index contributed by atoms with van der Waals surface area (Å²) in [5.74, 6) is 0.145. The van der Waals surface area contributed by atoms with Crippen LogP contribution in [0.25, 0.3) is 0 Å². The van der Waals surface area contributed by atoms with Crippen molar-refractivity contribution in [1.29, 1.82) is 0 Å². The van der Waals surface area contributed by atoms with E-state index in [1.807, 2.05) is 19.1 Å². The molecule has 0 spiro atoms. The zero-order valence-corrected chi connectivity index (χ0v) is 16.8. The zero-order valence-electron chi connectivity index (χ0n) is 16.8. The van der Waals surface area contributed by atoms with Crippen LogP contribution in [-0.2, 0) is 9.53 Å². The number of anilines is 1. The van der Waals surface area contributed by atoms with Crippen LogP contribution < -0.4 is 5.32 Å². The number of carbonyl (C=O) groups excluding carboxylic acids is 1. The van der Waals surface area contributed by atoms with Gasteiger partial charge in [0.15, 0.2) is 0 Å². The fourth-order valence-corrected chi connectivity index (χ4v) is 3.76. The molecule has 1 heterocycles. The van der Waals surface area contributed by atoms with Crippen LogP contribution in [0.2, 0.25) is 0 Å². The number of rotatable bonds is 12. The maximum absolute atomic E-state index is 12.0. The van der Waals surface area contributed by atoms with Gasteiger partial charge in [0.1, 0.15) is 0 Å². The maximum atomic E-state index is 12.0. The minimum atomic E-state index is 0.145. The summed E-state index contributed by atoms with van der Waals surface area (Å²) >= 11 is 0. The van der Waals surface area contributed by atoms with Gasteiger partial charge in [0.2, 0.25) is 5.91 Å². The van der Waals surface area contributed by atoms with Gasteiger partial charge in [-0.25, -0.2) is 0 Å². The van der Waals surface area contributed by atoms with Crippen molar-refractivity contribution in [3.8, 4) is 0 Å². The Morgan fingerprint density at radius 3 is 2.38 bits per heavy atom. The first-order chi connectivity index (χ1) is 12.6. The van der Waals surface area contributed by atoms with Gasteiger partial charge in [-0.3, -0.25) is 4.79 Å². The van der Waals surface area contributed by atoms with E-state index in [0.29, 0.717) is 12.5 Å². The molecule has 1 fully saturated rings. The molecule has 1 aliphatic heterocycles. The summed E-state index contributed by atoms with van der Waals surface area (Å²) in [6.45, 7) is 5.10. The molecule has 0 aliphatic carbocycles. The van der Waals surface area contributed by atoms with E-state index in [-0.39, 0.29) is 5.91 Å². The summed E-state index contributed by atoms with van der Waals surface area (Å²) in [5, 5.41) is 3.04. The number of carbonyl (C=O) groups is 1. The topological polar surface area (TPSA) is 38.3 Å². The van der Waals surface area contributed by atoms with Crippen molar-refractivity contribution in [2.75, 3.05) is 11.9 Å². The number of aryl methyl sites for hydroxylation is 2. The van der Waals surface area contributed by atoms with Crippen molar-refractivity contribution >= 4 is 11.6 Å². The molecule has 1 aromatic rings. The Hall–Kier alpha value is -1.35. The molecule has 3 heteroatoms. The average Bonchev–Trinajstić information content (AvgIpc) is 3.12. The molecular formula is C23H37NO2. The maximum Gasteiger partial charge on any atom is 0.224 e. The Balaban J connectivity index is 1.40. The fraction of sp³-hybridized carbons (Fsp3) is 0.696. The van der Waals surface area contributed by atoms with Crippen molar-refractivity contribution in [3.63, 3.8) is 0 Å². The van der Waals surface area contributed by atoms with Gasteiger partial charge < -0.3 is 10.1 Å². The molecule has 1 N–H and O–H groups in total. The van der Waals surface area contributed by atoms with Gasteiger partial charge in [0, 0.05) is 18.7 Å². The number of unbranched alkanes of at least 4 members (excludes halogenated alkanes) is 7. The number of ether oxygens (including phenoxy) is 1. The van der Waals surface area contributed by atoms with Crippen LogP contribution in [0.3, 0.4) is 0 Å². The van der Waals surface area contributed by atoms with Crippen molar-refractivity contribution in [1.82, 2.24) is 0 Å². The van der Waals surface area contributed by atoms with Crippen LogP contribution in [0.4, 0.5) is 5.69 Å². The van der Waals surface area contributed by atoms with Crippen LogP contribution in [0.15, 0.2) is 18.2 Å². The van der Waals surface area contributed by atoms with E-state index >= 15 is 0 Å². The Bertz CT molecular complexity index is 535. The van der Waals surface area contributed by atoms with Gasteiger partial charge in [-0.05, 0) is 51.2 Å². The fourth-order valence-electron chi connectivity index (χ4n) is 3.76. The monoisotopic (exact) mass is 359 g/mol. The molecule has 3 nitrogen and oxygen atoms in total. The smallest absolute Gasteiger partial charge is 0.224 e. The van der Waals surface area contributed by atoms with Crippen LogP contribution in [0, 0.1) is 13.8 Å². The molecule has 1 atom stereocenters. The molecular weight excluding hydrogens is 322 g/mol. The summed E-state index contributed by atoms with van der Waals surface area (Å²) in [5.41, 5.74) is 3.31. The summed E-state index contributed by atoms with van der Waals surface area (Å²) in [6.07, 6.45) is 15.0. The van der Waals surface area contributed by atoms with Crippen LogP contribution >= 0.6 is 0 Å². The molecule has 0 bridgehead atoms. The van der Waals surface area contributed by atoms with E-state index in [0.717, 1.165) is 30.7 Å². The Kier molecular flexibility index (Phi) is 9.76. The molecule has 146 valence electrons. The van der Waals surface area contributed by atoms with Gasteiger partial charge in [-0.1, -0.05) is 62.6 Å². The third kappa shape index (κ3) is 8.35. The lowest BCUT2D eigenvalue weighted by Crippen LogP contribution is -2.12. The summed E-state index contributed by atoms with van der Waals surface area (Å²) < 4.78 is 5.66. The van der Waals surface area contributed by atoms with E-state index in [9.17, 15) is 4.79 Å². The second-order valence-corrected chi connectivity index (χ2v) is 7.87. The van der Waals surface area contributed by atoms with Crippen LogP contribution in [-0.4, -0.2) is 18.6 Å². The van der Waals surface area contributed by atoms with Crippen molar-refractivity contribution in [3.05, 3.63) is 29.3 Å². The highest BCUT2D eigenvalue weighted by Gasteiger charge is 2.14. The highest BCUT2D eigenvalue weighted by molar-refractivity contribution is 5.91. The zero-order chi connectivity index (χ0) is 18.6. The lowest BCUT2D eigenvalue weighted by Gasteiger charge is -2.09. The van der Waals surface area contributed by atoms with Crippen molar-refractivity contribution < 1.29 is 9.53 Å². The molecule has 2 rings (SSSR count). The SMILES string of the molecule is Cc1ccc(NC(=O)CCCCCCCCCCC2CCCO2)c(C)c1. The molecule has 0 radical (unpaired) electrons. The standard InChI is InChI=1S/C23H37NO2/c1-19-15-16-22(20(2)18-19)24-23(25)14-10-8-6-4-3-5-7-9-12-21-13-11-17-26-21/h15-16,18,21H,3-14,17H2,1-2H3,(H,24,25). The van der Waals surface area contributed by atoms with Gasteiger partial charge in [0.25, 0.3) is 0 Å². The highest BCUT2D eigenvalue weighted by Crippen LogP contribution is 2.19. The predicted octanol–water partition coefficient (Wildman–Crippen LogP) is 6.32. The minimum Gasteiger partial charge on any atom is -0.378 e. The number of benzene rings is 1. The quantitative estimate of drug-likeness (QED) is 0.443. The second-order valence-electron chi connectivity index (χ2n) is 7.87. The largest absolute Gasteiger partial charge is 0.378 e. The normalized spacial score (nSPS) is 16.8. The molecule has 0 saturated carbocycles. The summed E-state index contributed by atoms with van der Waals surface area (Å²) in [6, 6.07) is 6.15. The molecule has 0 aromatic heterocycles. The molecule has 1 saturated heterocycles. The van der Waals surface area contributed by atoms with Crippen molar-refractivity contribution in [2.45, 2.75) is 97.0 Å². The van der Waals surface area contributed by atoms with Crippen LogP contribution in [0.5, 0.6) is 0 Å². The molecule has 1 unspecified atom stereocenters. The van der Waals surface area contributed by atoms with E-state index < -0.39 is 0 Å². The van der Waals surface area contributed by atoms with Gasteiger partial charge in [-0.2, -0.15) is 0 Å². The minimum absolute atomic E-state index is 0.145. The molecule has 1 aromatic carbocycles. The number of amides is 1. The lowest BCUT2D eigenvalue weighted by atomic mass is 10.0. The van der Waals surface area contributed by atoms with Crippen LogP contribution in [0.1, 0.15) is 88.2 Å². The third-order valence-corrected chi connectivity index (χ3v) is 5.36. The van der Waals surface area contributed by atoms with Gasteiger partial charge >= 0.3 is 0 Å². The van der Waals surface area contributed by atoms with Gasteiger partial charge in [0.05, 0.1) is 6.10 Å². The predicted molar refractivity (Wildman–Crippen MR) is 110 cm³/mol. The average molecular weight is 360 g/mol. The van der Waals surface area contributed by atoms with E-state index in [2.05, 4.69) is 18.3 Å². The van der Waals surface area contributed by atoms with Gasteiger partial charge in [-0.15, -0.1) is 0 Å². The number of hydrogen-bond donors (Lipinski definition) is 1. The highest BCUT2D eigenvalue weighted by atomic mass is 16.5. The molecule has 1 aliphatic rings. The van der Waals surface area contributed by atoms with E-state index in [4.69, 9.17) is 4.74 Å². The third-order valence-electron chi connectivity index (χ3n) is 5.36. The number of nitrogens with one attached hydrogen (secondary N) is 1. The van der Waals surface area contributed by atoms with E-state index in [1.165, 1.54) is 63.4 Å². The molecule has 26 heavy (non-hydrogen) atoms. The summed E-state index contributed by atoms with van der Waals surface area (Å²) in [4.78, 5) is 12.0. The number of hydrogen-bond acceptors (Lipinski definition) is 2. The second kappa shape index (κ2) is 12.1. The van der Waals surface area contributed by atoms with E-state index in [1.54, 1.807) is 0 Å². The Morgan fingerprint density at radius 1 is 1.04 bits per heavy atom. The van der Waals surface area contributed by atoms with Crippen molar-refractivity contribution in [2.24, 2.45) is 0 Å². The Morgan fingerprint density at radius 2 is 1.73 bits per heavy atom. The lowest BCUT2D eigenvalue weighted by molar-refractivity contribution is -0.116. The first kappa shape index (κ1) is 21.0. The molecule has 1 amide bonds. The first-order valence-electron chi connectivity index (χ1n) is 10.6. The summed E-state index contributed by atoms with van der Waals surface area (Å²) in [7, 11) is 0. The Labute approximate surface area is 159 Å².